The summed E-state index contributed by atoms with van der Waals surface area (Å²) in [5.74, 6) is 0.843. The summed E-state index contributed by atoms with van der Waals surface area (Å²) in [4.78, 5) is 8.30. The van der Waals surface area contributed by atoms with Crippen molar-refractivity contribution in [2.24, 2.45) is 4.99 Å². The number of ether oxygens (including phenoxy) is 1. The minimum absolute atomic E-state index is 0.343. The number of nitrogens with zero attached hydrogens (tertiary/aromatic N) is 2. The van der Waals surface area contributed by atoms with E-state index in [1.165, 1.54) is 16.0 Å². The fourth-order valence-corrected chi connectivity index (χ4v) is 4.31. The van der Waals surface area contributed by atoms with Crippen LogP contribution >= 0.6 is 11.3 Å². The molecule has 1 aromatic heterocycles. The first-order valence-electron chi connectivity index (χ1n) is 9.68. The van der Waals surface area contributed by atoms with Gasteiger partial charge in [-0.15, -0.1) is 11.3 Å². The number of thiophene rings is 1. The first-order chi connectivity index (χ1) is 13.3. The number of guanidine groups is 1. The quantitative estimate of drug-likeness (QED) is 0.567. The highest BCUT2D eigenvalue weighted by Crippen LogP contribution is 2.25. The molecular formula is C21H30N4OS. The van der Waals surface area contributed by atoms with E-state index in [9.17, 15) is 0 Å². The Bertz CT molecular complexity index is 711. The minimum atomic E-state index is 0.343. The Morgan fingerprint density at radius 2 is 1.93 bits per heavy atom. The summed E-state index contributed by atoms with van der Waals surface area (Å²) < 4.78 is 5.53. The number of hydrogen-bond donors (Lipinski definition) is 2. The second-order valence-corrected chi connectivity index (χ2v) is 7.59. The molecule has 27 heavy (non-hydrogen) atoms. The maximum atomic E-state index is 5.53. The Kier molecular flexibility index (Phi) is 7.68. The van der Waals surface area contributed by atoms with Gasteiger partial charge in [-0.25, -0.2) is 0 Å². The van der Waals surface area contributed by atoms with Gasteiger partial charge in [0.2, 0.25) is 0 Å². The summed E-state index contributed by atoms with van der Waals surface area (Å²) in [5, 5.41) is 9.14. The average molecular weight is 387 g/mol. The standard InChI is InChI=1S/C21H30N4OS/c1-3-17-7-4-5-8-18(17)15-23-21(22-2)24-16-19(20-9-6-14-27-20)25-10-12-26-13-11-25/h4-9,14,19H,3,10-13,15-16H2,1-2H3,(H2,22,23,24). The van der Waals surface area contributed by atoms with Crippen molar-refractivity contribution in [3.8, 4) is 0 Å². The molecule has 5 nitrogen and oxygen atoms in total. The third kappa shape index (κ3) is 5.54. The number of morpholine rings is 1. The number of aliphatic imine (C=N–C) groups is 1. The van der Waals surface area contributed by atoms with E-state index in [4.69, 9.17) is 4.74 Å². The van der Waals surface area contributed by atoms with Crippen LogP contribution in [-0.4, -0.2) is 50.8 Å². The van der Waals surface area contributed by atoms with Gasteiger partial charge in [0.25, 0.3) is 0 Å². The molecule has 6 heteroatoms. The van der Waals surface area contributed by atoms with Gasteiger partial charge in [-0.2, -0.15) is 0 Å². The van der Waals surface area contributed by atoms with E-state index in [-0.39, 0.29) is 0 Å². The Morgan fingerprint density at radius 3 is 2.59 bits per heavy atom. The zero-order valence-electron chi connectivity index (χ0n) is 16.3. The second kappa shape index (κ2) is 10.4. The zero-order chi connectivity index (χ0) is 18.9. The van der Waals surface area contributed by atoms with Gasteiger partial charge < -0.3 is 15.4 Å². The summed E-state index contributed by atoms with van der Waals surface area (Å²) in [6.45, 7) is 7.37. The van der Waals surface area contributed by atoms with E-state index in [1.54, 1.807) is 0 Å². The van der Waals surface area contributed by atoms with Crippen molar-refractivity contribution in [3.05, 3.63) is 57.8 Å². The second-order valence-electron chi connectivity index (χ2n) is 6.61. The third-order valence-corrected chi connectivity index (χ3v) is 5.96. The maximum Gasteiger partial charge on any atom is 0.191 e. The predicted octanol–water partition coefficient (Wildman–Crippen LogP) is 3.05. The SMILES string of the molecule is CCc1ccccc1CNC(=NC)NCC(c1cccs1)N1CCOCC1. The fraction of sp³-hybridized carbons (Fsp3) is 0.476. The van der Waals surface area contributed by atoms with Crippen molar-refractivity contribution in [2.45, 2.75) is 25.9 Å². The number of aryl methyl sites for hydroxylation is 1. The summed E-state index contributed by atoms with van der Waals surface area (Å²) in [5.41, 5.74) is 2.70. The lowest BCUT2D eigenvalue weighted by Gasteiger charge is -2.34. The fourth-order valence-electron chi connectivity index (χ4n) is 3.45. The molecule has 2 heterocycles. The van der Waals surface area contributed by atoms with Gasteiger partial charge in [0.15, 0.2) is 5.96 Å². The van der Waals surface area contributed by atoms with Crippen LogP contribution in [0.5, 0.6) is 0 Å². The van der Waals surface area contributed by atoms with E-state index < -0.39 is 0 Å². The number of benzene rings is 1. The zero-order valence-corrected chi connectivity index (χ0v) is 17.1. The molecule has 0 radical (unpaired) electrons. The first kappa shape index (κ1) is 19.9. The van der Waals surface area contributed by atoms with E-state index in [2.05, 4.69) is 69.2 Å². The number of rotatable bonds is 7. The van der Waals surface area contributed by atoms with Gasteiger partial charge >= 0.3 is 0 Å². The molecule has 1 atom stereocenters. The smallest absolute Gasteiger partial charge is 0.191 e. The van der Waals surface area contributed by atoms with Crippen LogP contribution in [0.1, 0.15) is 29.0 Å². The average Bonchev–Trinajstić information content (AvgIpc) is 3.26. The van der Waals surface area contributed by atoms with Gasteiger partial charge in [-0.1, -0.05) is 37.3 Å². The van der Waals surface area contributed by atoms with Crippen molar-refractivity contribution in [3.63, 3.8) is 0 Å². The summed E-state index contributed by atoms with van der Waals surface area (Å²) >= 11 is 1.82. The molecule has 1 aliphatic heterocycles. The van der Waals surface area contributed by atoms with Gasteiger partial charge in [-0.3, -0.25) is 9.89 Å². The normalized spacial score (nSPS) is 16.9. The highest BCUT2D eigenvalue weighted by atomic mass is 32.1. The first-order valence-corrected chi connectivity index (χ1v) is 10.6. The van der Waals surface area contributed by atoms with E-state index in [0.29, 0.717) is 6.04 Å². The molecule has 146 valence electrons. The maximum absolute atomic E-state index is 5.53. The molecule has 0 spiro atoms. The largest absolute Gasteiger partial charge is 0.379 e. The molecule has 1 fully saturated rings. The van der Waals surface area contributed by atoms with Crippen molar-refractivity contribution in [1.82, 2.24) is 15.5 Å². The monoisotopic (exact) mass is 386 g/mol. The summed E-state index contributed by atoms with van der Waals surface area (Å²) in [7, 11) is 1.83. The molecule has 0 saturated carbocycles. The van der Waals surface area contributed by atoms with Crippen LogP contribution in [0.3, 0.4) is 0 Å². The number of nitrogens with one attached hydrogen (secondary N) is 2. The molecule has 0 amide bonds. The van der Waals surface area contributed by atoms with Crippen LogP contribution in [0.4, 0.5) is 0 Å². The van der Waals surface area contributed by atoms with Gasteiger partial charge in [0.05, 0.1) is 19.3 Å². The van der Waals surface area contributed by atoms with Crippen molar-refractivity contribution in [2.75, 3.05) is 39.9 Å². The van der Waals surface area contributed by atoms with Crippen molar-refractivity contribution >= 4 is 17.3 Å². The molecule has 1 aliphatic rings. The topological polar surface area (TPSA) is 48.9 Å². The van der Waals surface area contributed by atoms with Crippen LogP contribution in [-0.2, 0) is 17.7 Å². The summed E-state index contributed by atoms with van der Waals surface area (Å²) in [6, 6.07) is 13.3. The van der Waals surface area contributed by atoms with Gasteiger partial charge in [0, 0.05) is 38.1 Å². The Morgan fingerprint density at radius 1 is 1.15 bits per heavy atom. The Balaban J connectivity index is 1.59. The minimum Gasteiger partial charge on any atom is -0.379 e. The molecule has 2 aromatic rings. The molecule has 0 bridgehead atoms. The molecule has 1 aromatic carbocycles. The van der Waals surface area contributed by atoms with Gasteiger partial charge in [0.1, 0.15) is 0 Å². The van der Waals surface area contributed by atoms with Crippen LogP contribution in [0, 0.1) is 0 Å². The summed E-state index contributed by atoms with van der Waals surface area (Å²) in [6.07, 6.45) is 1.04. The Hall–Kier alpha value is -1.89. The molecule has 0 aliphatic carbocycles. The van der Waals surface area contributed by atoms with Gasteiger partial charge in [-0.05, 0) is 29.0 Å². The third-order valence-electron chi connectivity index (χ3n) is 4.99. The molecule has 1 saturated heterocycles. The van der Waals surface area contributed by atoms with Crippen LogP contribution in [0.25, 0.3) is 0 Å². The molecule has 3 rings (SSSR count). The predicted molar refractivity (Wildman–Crippen MR) is 113 cm³/mol. The van der Waals surface area contributed by atoms with E-state index in [0.717, 1.165) is 51.8 Å². The van der Waals surface area contributed by atoms with Crippen molar-refractivity contribution < 1.29 is 4.74 Å². The molecule has 1 unspecified atom stereocenters. The number of hydrogen-bond acceptors (Lipinski definition) is 4. The molecular weight excluding hydrogens is 356 g/mol. The molecule has 2 N–H and O–H groups in total. The van der Waals surface area contributed by atoms with Crippen molar-refractivity contribution in [1.29, 1.82) is 0 Å². The Labute approximate surface area is 166 Å². The lowest BCUT2D eigenvalue weighted by Crippen LogP contribution is -2.46. The van der Waals surface area contributed by atoms with Crippen LogP contribution < -0.4 is 10.6 Å². The van der Waals surface area contributed by atoms with E-state index in [1.807, 2.05) is 18.4 Å². The lowest BCUT2D eigenvalue weighted by atomic mass is 10.1. The lowest BCUT2D eigenvalue weighted by molar-refractivity contribution is 0.0177. The van der Waals surface area contributed by atoms with Crippen LogP contribution in [0.2, 0.25) is 0 Å². The highest BCUT2D eigenvalue weighted by Gasteiger charge is 2.23. The van der Waals surface area contributed by atoms with E-state index >= 15 is 0 Å². The highest BCUT2D eigenvalue weighted by molar-refractivity contribution is 7.10. The van der Waals surface area contributed by atoms with Crippen LogP contribution in [0.15, 0.2) is 46.8 Å².